The molecule has 1 unspecified atom stereocenters. The summed E-state index contributed by atoms with van der Waals surface area (Å²) in [5, 5.41) is 8.17. The number of rotatable bonds is 9. The van der Waals surface area contributed by atoms with Gasteiger partial charge in [-0.3, -0.25) is 9.59 Å². The lowest BCUT2D eigenvalue weighted by molar-refractivity contribution is -0.137. The molecule has 15 heteroatoms. The van der Waals surface area contributed by atoms with Crippen molar-refractivity contribution in [3.8, 4) is 0 Å². The van der Waals surface area contributed by atoms with E-state index in [0.717, 1.165) is 37.0 Å². The first kappa shape index (κ1) is 28.6. The molecule has 3 N–H and O–H groups in total. The van der Waals surface area contributed by atoms with E-state index in [0.29, 0.717) is 22.9 Å². The molecular formula is C24H26ClF3N8O2S. The molecule has 1 aliphatic rings. The highest BCUT2D eigenvalue weighted by molar-refractivity contribution is 7.13. The van der Waals surface area contributed by atoms with Gasteiger partial charge in [0.2, 0.25) is 0 Å². The van der Waals surface area contributed by atoms with Crippen molar-refractivity contribution in [1.82, 2.24) is 30.2 Å². The minimum atomic E-state index is -4.70. The zero-order valence-electron chi connectivity index (χ0n) is 21.0. The Morgan fingerprint density at radius 3 is 2.67 bits per heavy atom. The van der Waals surface area contributed by atoms with Crippen LogP contribution in [0.4, 0.5) is 24.8 Å². The lowest BCUT2D eigenvalue weighted by Crippen LogP contribution is -2.28. The van der Waals surface area contributed by atoms with Gasteiger partial charge in [0.1, 0.15) is 33.5 Å². The van der Waals surface area contributed by atoms with Gasteiger partial charge in [0.15, 0.2) is 0 Å². The first-order valence-corrected chi connectivity index (χ1v) is 13.3. The Balaban J connectivity index is 1.33. The number of nitrogens with one attached hydrogen (secondary N) is 3. The van der Waals surface area contributed by atoms with Crippen LogP contribution >= 0.6 is 22.9 Å². The average molecular weight is 583 g/mol. The van der Waals surface area contributed by atoms with E-state index in [1.807, 2.05) is 0 Å². The molecule has 39 heavy (non-hydrogen) atoms. The quantitative estimate of drug-likeness (QED) is 0.333. The molecule has 0 radical (unpaired) electrons. The standard InChI is InChI=1S/C24H26ClF3N8O2S/c1-13(34-21(37)17-9-19(33-12-32-17)29-6-5-14-4-3-7-36(14)2)23-31-11-18(39-23)22(38)35-20-8-15(24(26,27)28)16(25)10-30-20/h8-14H,3-7H2,1-2H3,(H,34,37)(H,29,32,33)(H,30,35,38)/t13-,14?/m1/s1. The van der Waals surface area contributed by atoms with Crippen LogP contribution in [-0.2, 0) is 6.18 Å². The Kier molecular flexibility index (Phi) is 8.97. The third kappa shape index (κ3) is 7.40. The fourth-order valence-electron chi connectivity index (χ4n) is 4.12. The largest absolute Gasteiger partial charge is 0.418 e. The van der Waals surface area contributed by atoms with Crippen LogP contribution in [0.1, 0.15) is 63.0 Å². The van der Waals surface area contributed by atoms with Crippen molar-refractivity contribution in [3.63, 3.8) is 0 Å². The van der Waals surface area contributed by atoms with Gasteiger partial charge in [-0.2, -0.15) is 13.2 Å². The minimum Gasteiger partial charge on any atom is -0.370 e. The molecule has 1 fully saturated rings. The maximum atomic E-state index is 13.1. The van der Waals surface area contributed by atoms with E-state index < -0.39 is 34.6 Å². The predicted molar refractivity (Wildman–Crippen MR) is 141 cm³/mol. The molecule has 0 aromatic carbocycles. The number of hydrogen-bond donors (Lipinski definition) is 3. The molecule has 1 saturated heterocycles. The molecule has 4 rings (SSSR count). The van der Waals surface area contributed by atoms with Crippen LogP contribution in [0.25, 0.3) is 0 Å². The maximum absolute atomic E-state index is 13.1. The first-order valence-electron chi connectivity index (χ1n) is 12.1. The van der Waals surface area contributed by atoms with E-state index >= 15 is 0 Å². The summed E-state index contributed by atoms with van der Waals surface area (Å²) < 4.78 is 39.2. The molecule has 2 amide bonds. The SMILES string of the molecule is C[C@@H](NC(=O)c1cc(NCCC2CCCN2C)ncn1)c1ncc(C(=O)Nc2cc(C(F)(F)F)c(Cl)cn2)s1. The van der Waals surface area contributed by atoms with Crippen molar-refractivity contribution in [3.05, 3.63) is 57.0 Å². The Bertz CT molecular complexity index is 1340. The fourth-order valence-corrected chi connectivity index (χ4v) is 5.14. The highest BCUT2D eigenvalue weighted by atomic mass is 35.5. The Labute approximate surface area is 231 Å². The molecule has 4 heterocycles. The fraction of sp³-hybridized carbons (Fsp3) is 0.417. The van der Waals surface area contributed by atoms with Gasteiger partial charge in [0.25, 0.3) is 11.8 Å². The number of anilines is 2. The molecule has 2 atom stereocenters. The summed E-state index contributed by atoms with van der Waals surface area (Å²) in [5.41, 5.74) is -0.943. The monoisotopic (exact) mass is 582 g/mol. The number of thiazole rings is 1. The second-order valence-electron chi connectivity index (χ2n) is 9.04. The van der Waals surface area contributed by atoms with Gasteiger partial charge in [0.05, 0.1) is 22.8 Å². The van der Waals surface area contributed by atoms with Crippen molar-refractivity contribution >= 4 is 46.4 Å². The summed E-state index contributed by atoms with van der Waals surface area (Å²) in [6.07, 6.45) is 2.04. The van der Waals surface area contributed by atoms with Crippen LogP contribution < -0.4 is 16.0 Å². The van der Waals surface area contributed by atoms with Gasteiger partial charge in [-0.15, -0.1) is 11.3 Å². The van der Waals surface area contributed by atoms with E-state index in [4.69, 9.17) is 11.6 Å². The molecule has 0 saturated carbocycles. The van der Waals surface area contributed by atoms with Gasteiger partial charge in [-0.25, -0.2) is 19.9 Å². The van der Waals surface area contributed by atoms with Crippen LogP contribution in [0.5, 0.6) is 0 Å². The maximum Gasteiger partial charge on any atom is 0.418 e. The van der Waals surface area contributed by atoms with Gasteiger partial charge in [-0.1, -0.05) is 11.6 Å². The van der Waals surface area contributed by atoms with Crippen molar-refractivity contribution in [2.75, 3.05) is 30.8 Å². The van der Waals surface area contributed by atoms with E-state index in [1.54, 1.807) is 13.0 Å². The number of hydrogen-bond acceptors (Lipinski definition) is 9. The molecule has 0 bridgehead atoms. The number of alkyl halides is 3. The zero-order chi connectivity index (χ0) is 28.2. The number of aromatic nitrogens is 4. The summed E-state index contributed by atoms with van der Waals surface area (Å²) >= 11 is 6.55. The second-order valence-corrected chi connectivity index (χ2v) is 10.5. The van der Waals surface area contributed by atoms with Crippen molar-refractivity contribution in [2.24, 2.45) is 0 Å². The third-order valence-electron chi connectivity index (χ3n) is 6.22. The molecule has 1 aliphatic heterocycles. The number of carbonyl (C=O) groups is 2. The molecule has 10 nitrogen and oxygen atoms in total. The number of nitrogens with zero attached hydrogens (tertiary/aromatic N) is 5. The van der Waals surface area contributed by atoms with Crippen molar-refractivity contribution in [1.29, 1.82) is 0 Å². The van der Waals surface area contributed by atoms with Crippen LogP contribution in [0, 0.1) is 0 Å². The second kappa shape index (κ2) is 12.2. The third-order valence-corrected chi connectivity index (χ3v) is 7.70. The van der Waals surface area contributed by atoms with E-state index in [1.165, 1.54) is 25.4 Å². The average Bonchev–Trinajstić information content (AvgIpc) is 3.54. The lowest BCUT2D eigenvalue weighted by atomic mass is 10.1. The van der Waals surface area contributed by atoms with Crippen LogP contribution in [0.15, 0.2) is 30.9 Å². The highest BCUT2D eigenvalue weighted by Crippen LogP contribution is 2.35. The molecule has 3 aromatic heterocycles. The Morgan fingerprint density at radius 2 is 1.95 bits per heavy atom. The van der Waals surface area contributed by atoms with Crippen LogP contribution in [0.2, 0.25) is 5.02 Å². The van der Waals surface area contributed by atoms with Crippen molar-refractivity contribution in [2.45, 2.75) is 44.4 Å². The zero-order valence-corrected chi connectivity index (χ0v) is 22.6. The van der Waals surface area contributed by atoms with Gasteiger partial charge >= 0.3 is 6.18 Å². The number of halogens is 4. The van der Waals surface area contributed by atoms with Gasteiger partial charge < -0.3 is 20.9 Å². The summed E-state index contributed by atoms with van der Waals surface area (Å²) in [4.78, 5) is 43.9. The van der Waals surface area contributed by atoms with Gasteiger partial charge in [0, 0.05) is 24.8 Å². The number of carbonyl (C=O) groups excluding carboxylic acids is 2. The summed E-state index contributed by atoms with van der Waals surface area (Å²) in [6, 6.07) is 2.19. The molecule has 208 valence electrons. The lowest BCUT2D eigenvalue weighted by Gasteiger charge is -2.19. The van der Waals surface area contributed by atoms with E-state index in [9.17, 15) is 22.8 Å². The normalized spacial score (nSPS) is 16.6. The van der Waals surface area contributed by atoms with E-state index in [-0.39, 0.29) is 16.4 Å². The van der Waals surface area contributed by atoms with Crippen LogP contribution in [-0.4, -0.2) is 62.8 Å². The number of amides is 2. The topological polar surface area (TPSA) is 125 Å². The smallest absolute Gasteiger partial charge is 0.370 e. The molecule has 0 spiro atoms. The molecule has 3 aromatic rings. The summed E-state index contributed by atoms with van der Waals surface area (Å²) in [6.45, 7) is 3.51. The molecular weight excluding hydrogens is 557 g/mol. The molecule has 0 aliphatic carbocycles. The number of pyridine rings is 1. The van der Waals surface area contributed by atoms with Crippen LogP contribution in [0.3, 0.4) is 0 Å². The highest BCUT2D eigenvalue weighted by Gasteiger charge is 2.34. The predicted octanol–water partition coefficient (Wildman–Crippen LogP) is 4.64. The summed E-state index contributed by atoms with van der Waals surface area (Å²) in [7, 11) is 2.12. The van der Waals surface area contributed by atoms with E-state index in [2.05, 4.69) is 47.8 Å². The number of likely N-dealkylation sites (tertiary alicyclic amines) is 1. The first-order chi connectivity index (χ1) is 18.5. The Morgan fingerprint density at radius 1 is 1.15 bits per heavy atom. The summed E-state index contributed by atoms with van der Waals surface area (Å²) in [5.74, 6) is -0.914. The minimum absolute atomic E-state index is 0.123. The van der Waals surface area contributed by atoms with Gasteiger partial charge in [-0.05, 0) is 45.8 Å². The Hall–Kier alpha value is -3.36. The van der Waals surface area contributed by atoms with Crippen molar-refractivity contribution < 1.29 is 22.8 Å².